The van der Waals surface area contributed by atoms with E-state index in [1.165, 1.54) is 19.3 Å². The number of hydrogen-bond donors (Lipinski definition) is 4. The van der Waals surface area contributed by atoms with Crippen molar-refractivity contribution < 1.29 is 19.7 Å². The zero-order valence-corrected chi connectivity index (χ0v) is 27.2. The third-order valence-corrected chi connectivity index (χ3v) is 10.1. The van der Waals surface area contributed by atoms with E-state index in [1.807, 2.05) is 48.5 Å². The van der Waals surface area contributed by atoms with Gasteiger partial charge in [-0.15, -0.1) is 0 Å². The number of rotatable bonds is 14. The molecular formula is C36H55ClN2O4. The molecule has 4 atom stereocenters. The van der Waals surface area contributed by atoms with Crippen molar-refractivity contribution in [3.05, 3.63) is 64.7 Å². The molecule has 0 aromatic heterocycles. The molecule has 43 heavy (non-hydrogen) atoms. The molecule has 7 heteroatoms. The minimum absolute atomic E-state index is 0.246. The molecule has 2 aromatic carbocycles. The fraction of sp³-hybridized carbons (Fsp3) is 0.667. The number of halogens is 1. The van der Waals surface area contributed by atoms with Crippen LogP contribution < -0.4 is 15.4 Å². The number of ether oxygens (including phenoxy) is 2. The maximum atomic E-state index is 11.5. The van der Waals surface area contributed by atoms with Crippen molar-refractivity contribution in [2.45, 2.75) is 88.3 Å². The van der Waals surface area contributed by atoms with E-state index in [0.717, 1.165) is 118 Å². The highest BCUT2D eigenvalue weighted by atomic mass is 35.5. The first kappa shape index (κ1) is 34.2. The standard InChI is InChI=1S/C18H26ClNO.C18H29NO3/c19-17-7-1-5-15(12-17)18(21,10-2-4-14-8-9-14)16-6-3-11-20-13-16;1-21-12-4-3-10-18(20,16-8-6-11-19-14-16)15-7-5-9-17(13-15)22-2/h1,5,7,12,14,16,20-21H,2-4,6,8-11,13H2;5,7,9,13,16,19-20H,3-4,6,8,10-12,14H2,1-2H3/t16-,18?;16-,18-/m01/s1. The largest absolute Gasteiger partial charge is 0.497 e. The third-order valence-electron chi connectivity index (χ3n) is 9.86. The number of hydrogen-bond acceptors (Lipinski definition) is 6. The SMILES string of the molecule is COCCCC[C@@](O)(c1cccc(OC)c1)[C@@H]1CCCNC1.OC(CCCC1CC1)(c1cccc(Cl)c1)[C@H]1CCCNC1. The number of aliphatic hydroxyl groups is 2. The van der Waals surface area contributed by atoms with Crippen molar-refractivity contribution >= 4 is 11.6 Å². The molecule has 1 aliphatic carbocycles. The zero-order valence-electron chi connectivity index (χ0n) is 26.5. The van der Waals surface area contributed by atoms with Crippen LogP contribution in [-0.4, -0.2) is 57.2 Å². The van der Waals surface area contributed by atoms with Crippen molar-refractivity contribution in [1.29, 1.82) is 0 Å². The molecule has 0 bridgehead atoms. The second-order valence-electron chi connectivity index (χ2n) is 13.0. The topological polar surface area (TPSA) is 83.0 Å². The van der Waals surface area contributed by atoms with Crippen LogP contribution in [0.3, 0.4) is 0 Å². The predicted molar refractivity (Wildman–Crippen MR) is 176 cm³/mol. The van der Waals surface area contributed by atoms with Crippen LogP contribution in [0.25, 0.3) is 0 Å². The highest BCUT2D eigenvalue weighted by Gasteiger charge is 2.40. The average molecular weight is 615 g/mol. The van der Waals surface area contributed by atoms with Gasteiger partial charge in [0.15, 0.2) is 0 Å². The lowest BCUT2D eigenvalue weighted by Gasteiger charge is -2.39. The Balaban J connectivity index is 0.000000197. The first-order valence-electron chi connectivity index (χ1n) is 16.6. The minimum atomic E-state index is -0.796. The van der Waals surface area contributed by atoms with Gasteiger partial charge in [-0.3, -0.25) is 0 Å². The van der Waals surface area contributed by atoms with Crippen LogP contribution in [0.5, 0.6) is 5.75 Å². The molecule has 3 fully saturated rings. The van der Waals surface area contributed by atoms with Crippen LogP contribution in [0.1, 0.15) is 88.2 Å². The molecule has 0 spiro atoms. The molecule has 1 saturated carbocycles. The van der Waals surface area contributed by atoms with E-state index in [0.29, 0.717) is 5.92 Å². The molecule has 2 aliphatic heterocycles. The van der Waals surface area contributed by atoms with Gasteiger partial charge in [-0.1, -0.05) is 55.1 Å². The summed E-state index contributed by atoms with van der Waals surface area (Å²) in [7, 11) is 3.39. The van der Waals surface area contributed by atoms with Gasteiger partial charge in [-0.2, -0.15) is 0 Å². The van der Waals surface area contributed by atoms with Crippen LogP contribution in [0.2, 0.25) is 5.02 Å². The van der Waals surface area contributed by atoms with Crippen LogP contribution in [0, 0.1) is 17.8 Å². The highest BCUT2D eigenvalue weighted by Crippen LogP contribution is 2.42. The molecule has 5 rings (SSSR count). The van der Waals surface area contributed by atoms with E-state index in [-0.39, 0.29) is 5.92 Å². The molecule has 2 heterocycles. The Morgan fingerprint density at radius 1 is 0.791 bits per heavy atom. The Labute approximate surface area is 264 Å². The van der Waals surface area contributed by atoms with Gasteiger partial charge in [0.1, 0.15) is 5.75 Å². The molecule has 4 N–H and O–H groups in total. The van der Waals surface area contributed by atoms with Crippen LogP contribution >= 0.6 is 11.6 Å². The summed E-state index contributed by atoms with van der Waals surface area (Å²) in [5, 5.41) is 30.5. The summed E-state index contributed by atoms with van der Waals surface area (Å²) in [4.78, 5) is 0. The summed E-state index contributed by atoms with van der Waals surface area (Å²) in [6.07, 6.45) is 13.1. The van der Waals surface area contributed by atoms with Gasteiger partial charge < -0.3 is 30.3 Å². The zero-order chi connectivity index (χ0) is 30.5. The van der Waals surface area contributed by atoms with E-state index >= 15 is 0 Å². The van der Waals surface area contributed by atoms with Crippen molar-refractivity contribution in [2.24, 2.45) is 17.8 Å². The maximum Gasteiger partial charge on any atom is 0.119 e. The first-order chi connectivity index (χ1) is 20.9. The van der Waals surface area contributed by atoms with Gasteiger partial charge in [-0.25, -0.2) is 0 Å². The van der Waals surface area contributed by atoms with Crippen LogP contribution in [-0.2, 0) is 15.9 Å². The summed E-state index contributed by atoms with van der Waals surface area (Å²) in [5.41, 5.74) is 0.445. The number of unbranched alkanes of at least 4 members (excludes halogenated alkanes) is 1. The van der Waals surface area contributed by atoms with Crippen LogP contribution in [0.4, 0.5) is 0 Å². The second-order valence-corrected chi connectivity index (χ2v) is 13.4. The molecule has 2 saturated heterocycles. The summed E-state index contributed by atoms with van der Waals surface area (Å²) < 4.78 is 10.5. The maximum absolute atomic E-state index is 11.5. The fourth-order valence-corrected chi connectivity index (χ4v) is 7.24. The normalized spacial score (nSPS) is 23.4. The highest BCUT2D eigenvalue weighted by molar-refractivity contribution is 6.30. The smallest absolute Gasteiger partial charge is 0.119 e. The van der Waals surface area contributed by atoms with Gasteiger partial charge in [0.05, 0.1) is 18.3 Å². The fourth-order valence-electron chi connectivity index (χ4n) is 7.05. The Kier molecular flexibility index (Phi) is 13.6. The van der Waals surface area contributed by atoms with Gasteiger partial charge in [-0.05, 0) is 112 Å². The molecule has 1 unspecified atom stereocenters. The lowest BCUT2D eigenvalue weighted by molar-refractivity contribution is -0.0436. The van der Waals surface area contributed by atoms with Crippen molar-refractivity contribution in [3.63, 3.8) is 0 Å². The number of nitrogens with one attached hydrogen (secondary N) is 2. The molecule has 240 valence electrons. The van der Waals surface area contributed by atoms with E-state index in [4.69, 9.17) is 21.1 Å². The Morgan fingerprint density at radius 2 is 1.40 bits per heavy atom. The summed E-state index contributed by atoms with van der Waals surface area (Å²) in [6, 6.07) is 15.7. The predicted octanol–water partition coefficient (Wildman–Crippen LogP) is 6.81. The molecule has 2 aromatic rings. The number of methoxy groups -OCH3 is 2. The average Bonchev–Trinajstić information content (AvgIpc) is 3.88. The first-order valence-corrected chi connectivity index (χ1v) is 17.0. The van der Waals surface area contributed by atoms with E-state index < -0.39 is 11.2 Å². The van der Waals surface area contributed by atoms with Gasteiger partial charge in [0.2, 0.25) is 0 Å². The Morgan fingerprint density at radius 3 is 1.93 bits per heavy atom. The third kappa shape index (κ3) is 9.91. The van der Waals surface area contributed by atoms with Crippen molar-refractivity contribution in [3.8, 4) is 5.75 Å². The lowest BCUT2D eigenvalue weighted by atomic mass is 9.74. The van der Waals surface area contributed by atoms with Gasteiger partial charge >= 0.3 is 0 Å². The van der Waals surface area contributed by atoms with Crippen molar-refractivity contribution in [1.82, 2.24) is 10.6 Å². The lowest BCUT2D eigenvalue weighted by Crippen LogP contribution is -2.44. The molecule has 3 aliphatic rings. The van der Waals surface area contributed by atoms with Crippen molar-refractivity contribution in [2.75, 3.05) is 47.0 Å². The van der Waals surface area contributed by atoms with Gasteiger partial charge in [0, 0.05) is 43.7 Å². The molecule has 0 radical (unpaired) electrons. The second kappa shape index (κ2) is 17.1. The number of benzene rings is 2. The quantitative estimate of drug-likeness (QED) is 0.175. The summed E-state index contributed by atoms with van der Waals surface area (Å²) in [5.74, 6) is 2.27. The van der Waals surface area contributed by atoms with E-state index in [2.05, 4.69) is 10.6 Å². The summed E-state index contributed by atoms with van der Waals surface area (Å²) in [6.45, 7) is 4.65. The minimum Gasteiger partial charge on any atom is -0.497 e. The van der Waals surface area contributed by atoms with Gasteiger partial charge in [0.25, 0.3) is 0 Å². The Hall–Kier alpha value is -1.67. The number of piperidine rings is 2. The molecular weight excluding hydrogens is 560 g/mol. The molecule has 0 amide bonds. The summed E-state index contributed by atoms with van der Waals surface area (Å²) >= 11 is 6.16. The van der Waals surface area contributed by atoms with E-state index in [1.54, 1.807) is 14.2 Å². The monoisotopic (exact) mass is 614 g/mol. The Bertz CT molecular complexity index is 1090. The molecule has 6 nitrogen and oxygen atoms in total. The van der Waals surface area contributed by atoms with Crippen LogP contribution in [0.15, 0.2) is 48.5 Å². The van der Waals surface area contributed by atoms with E-state index in [9.17, 15) is 10.2 Å².